The zero-order valence-corrected chi connectivity index (χ0v) is 10.7. The molecule has 2 aliphatic heterocycles. The summed E-state index contributed by atoms with van der Waals surface area (Å²) in [6, 6.07) is 4.98. The Morgan fingerprint density at radius 3 is 3.06 bits per heavy atom. The molecule has 0 saturated carbocycles. The van der Waals surface area contributed by atoms with Crippen molar-refractivity contribution in [1.29, 1.82) is 0 Å². The van der Waals surface area contributed by atoms with E-state index >= 15 is 0 Å². The predicted molar refractivity (Wildman–Crippen MR) is 68.2 cm³/mol. The second kappa shape index (κ2) is 4.31. The Morgan fingerprint density at radius 1 is 1.53 bits per heavy atom. The van der Waals surface area contributed by atoms with Crippen LogP contribution in [0.5, 0.6) is 0 Å². The fourth-order valence-electron chi connectivity index (χ4n) is 2.70. The lowest BCUT2D eigenvalue weighted by molar-refractivity contribution is 0.184. The molecule has 4 nitrogen and oxygen atoms in total. The van der Waals surface area contributed by atoms with Crippen molar-refractivity contribution in [2.75, 3.05) is 26.7 Å². The number of thiophene rings is 1. The van der Waals surface area contributed by atoms with Crippen molar-refractivity contribution in [2.45, 2.75) is 18.5 Å². The fraction of sp³-hybridized carbons (Fsp3) is 0.583. The van der Waals surface area contributed by atoms with E-state index in [0.717, 1.165) is 26.1 Å². The van der Waals surface area contributed by atoms with Gasteiger partial charge < -0.3 is 15.1 Å². The van der Waals surface area contributed by atoms with Gasteiger partial charge in [0.1, 0.15) is 0 Å². The molecule has 0 aromatic carbocycles. The van der Waals surface area contributed by atoms with E-state index in [-0.39, 0.29) is 12.1 Å². The number of urea groups is 1. The predicted octanol–water partition coefficient (Wildman–Crippen LogP) is 1.52. The van der Waals surface area contributed by atoms with E-state index in [2.05, 4.69) is 22.8 Å². The fourth-order valence-corrected chi connectivity index (χ4v) is 3.56. The molecule has 0 radical (unpaired) electrons. The van der Waals surface area contributed by atoms with Gasteiger partial charge in [0.25, 0.3) is 0 Å². The highest BCUT2D eigenvalue weighted by Gasteiger charge is 2.40. The van der Waals surface area contributed by atoms with E-state index in [0.29, 0.717) is 6.04 Å². The van der Waals surface area contributed by atoms with E-state index in [1.54, 1.807) is 11.3 Å². The van der Waals surface area contributed by atoms with Crippen LogP contribution < -0.4 is 5.32 Å². The largest absolute Gasteiger partial charge is 0.320 e. The van der Waals surface area contributed by atoms with Crippen molar-refractivity contribution in [1.82, 2.24) is 15.1 Å². The molecule has 1 aromatic heterocycles. The van der Waals surface area contributed by atoms with Gasteiger partial charge >= 0.3 is 6.03 Å². The first-order chi connectivity index (χ1) is 8.27. The Labute approximate surface area is 105 Å². The summed E-state index contributed by atoms with van der Waals surface area (Å²) in [5, 5.41) is 5.40. The van der Waals surface area contributed by atoms with E-state index in [1.807, 2.05) is 16.8 Å². The zero-order chi connectivity index (χ0) is 11.8. The minimum absolute atomic E-state index is 0.178. The number of hydrogen-bond acceptors (Lipinski definition) is 3. The second-order valence-corrected chi connectivity index (χ2v) is 5.70. The van der Waals surface area contributed by atoms with Gasteiger partial charge in [0, 0.05) is 31.1 Å². The van der Waals surface area contributed by atoms with E-state index in [1.165, 1.54) is 4.88 Å². The number of carbonyl (C=O) groups excluding carboxylic acids is 1. The maximum Gasteiger partial charge on any atom is 0.320 e. The lowest BCUT2D eigenvalue weighted by Crippen LogP contribution is -2.39. The highest BCUT2D eigenvalue weighted by molar-refractivity contribution is 7.10. The molecule has 2 atom stereocenters. The van der Waals surface area contributed by atoms with Crippen LogP contribution in [-0.4, -0.2) is 48.6 Å². The van der Waals surface area contributed by atoms with Gasteiger partial charge in [-0.2, -0.15) is 0 Å². The summed E-state index contributed by atoms with van der Waals surface area (Å²) in [6.07, 6.45) is 1.08. The van der Waals surface area contributed by atoms with Gasteiger partial charge in [0.05, 0.1) is 6.04 Å². The van der Waals surface area contributed by atoms with Crippen LogP contribution >= 0.6 is 11.3 Å². The van der Waals surface area contributed by atoms with E-state index < -0.39 is 0 Å². The van der Waals surface area contributed by atoms with Gasteiger partial charge in [-0.1, -0.05) is 6.07 Å². The lowest BCUT2D eigenvalue weighted by Gasteiger charge is -2.22. The first-order valence-electron chi connectivity index (χ1n) is 6.05. The molecular weight excluding hydrogens is 234 g/mol. The third-order valence-corrected chi connectivity index (χ3v) is 4.70. The summed E-state index contributed by atoms with van der Waals surface area (Å²) in [5.74, 6) is 0. The maximum absolute atomic E-state index is 12.2. The van der Waals surface area contributed by atoms with E-state index in [4.69, 9.17) is 0 Å². The first kappa shape index (κ1) is 11.0. The molecule has 5 heteroatoms. The zero-order valence-electron chi connectivity index (χ0n) is 9.93. The summed E-state index contributed by atoms with van der Waals surface area (Å²) in [4.78, 5) is 17.4. The Kier molecular flexibility index (Phi) is 2.80. The number of hydrogen-bond donors (Lipinski definition) is 1. The van der Waals surface area contributed by atoms with Crippen LogP contribution in [0.4, 0.5) is 4.79 Å². The molecule has 0 spiro atoms. The Bertz CT molecular complexity index is 400. The van der Waals surface area contributed by atoms with E-state index in [9.17, 15) is 4.79 Å². The van der Waals surface area contributed by atoms with Crippen LogP contribution in [0.15, 0.2) is 17.5 Å². The molecule has 2 aliphatic rings. The molecule has 92 valence electrons. The van der Waals surface area contributed by atoms with Crippen LogP contribution in [0.1, 0.15) is 17.3 Å². The number of carbonyl (C=O) groups is 1. The minimum atomic E-state index is 0.178. The normalized spacial score (nSPS) is 29.4. The van der Waals surface area contributed by atoms with Gasteiger partial charge in [-0.25, -0.2) is 4.79 Å². The lowest BCUT2D eigenvalue weighted by atomic mass is 10.2. The molecule has 2 unspecified atom stereocenters. The second-order valence-electron chi connectivity index (χ2n) is 4.72. The monoisotopic (exact) mass is 251 g/mol. The summed E-state index contributed by atoms with van der Waals surface area (Å²) >= 11 is 1.73. The topological polar surface area (TPSA) is 35.6 Å². The molecule has 3 heterocycles. The molecule has 1 N–H and O–H groups in total. The highest BCUT2D eigenvalue weighted by atomic mass is 32.1. The molecule has 1 aromatic rings. The summed E-state index contributed by atoms with van der Waals surface area (Å²) < 4.78 is 0. The van der Waals surface area contributed by atoms with Gasteiger partial charge in [0.2, 0.25) is 0 Å². The Balaban J connectivity index is 1.79. The quantitative estimate of drug-likeness (QED) is 0.865. The van der Waals surface area contributed by atoms with Gasteiger partial charge in [0.15, 0.2) is 0 Å². The first-order valence-corrected chi connectivity index (χ1v) is 6.93. The van der Waals surface area contributed by atoms with Gasteiger partial charge in [-0.3, -0.25) is 0 Å². The Morgan fingerprint density at radius 2 is 2.41 bits per heavy atom. The molecule has 17 heavy (non-hydrogen) atoms. The average Bonchev–Trinajstić information content (AvgIpc) is 3.02. The minimum Gasteiger partial charge on any atom is -0.318 e. The molecule has 3 rings (SSSR count). The smallest absolute Gasteiger partial charge is 0.318 e. The third kappa shape index (κ3) is 1.83. The third-order valence-electron chi connectivity index (χ3n) is 3.73. The summed E-state index contributed by atoms with van der Waals surface area (Å²) in [7, 11) is 1.91. The van der Waals surface area contributed by atoms with Crippen LogP contribution in [-0.2, 0) is 0 Å². The standard InChI is InChI=1S/C12H17N3OS/c1-14-10(11-3-2-6-17-11)8-15(12(14)16)9-4-5-13-7-9/h2-3,6,9-10,13H,4-5,7-8H2,1H3. The highest BCUT2D eigenvalue weighted by Crippen LogP contribution is 2.32. The molecule has 0 aliphatic carbocycles. The van der Waals surface area contributed by atoms with Crippen LogP contribution in [0.3, 0.4) is 0 Å². The van der Waals surface area contributed by atoms with Crippen molar-refractivity contribution in [2.24, 2.45) is 0 Å². The van der Waals surface area contributed by atoms with Crippen molar-refractivity contribution >= 4 is 17.4 Å². The summed E-state index contributed by atoms with van der Waals surface area (Å²) in [5.41, 5.74) is 0. The van der Waals surface area contributed by atoms with Gasteiger partial charge in [-0.15, -0.1) is 11.3 Å². The molecule has 2 fully saturated rings. The van der Waals surface area contributed by atoms with Gasteiger partial charge in [-0.05, 0) is 24.4 Å². The number of amides is 2. The number of likely N-dealkylation sites (N-methyl/N-ethyl adjacent to an activating group) is 1. The van der Waals surface area contributed by atoms with Crippen molar-refractivity contribution in [3.8, 4) is 0 Å². The molecule has 2 saturated heterocycles. The number of rotatable bonds is 2. The molecule has 0 bridgehead atoms. The molecule has 2 amide bonds. The van der Waals surface area contributed by atoms with Crippen LogP contribution in [0, 0.1) is 0 Å². The van der Waals surface area contributed by atoms with Crippen LogP contribution in [0.2, 0.25) is 0 Å². The SMILES string of the molecule is CN1C(=O)N(C2CCNC2)CC1c1cccs1. The number of nitrogens with zero attached hydrogens (tertiary/aromatic N) is 2. The number of nitrogens with one attached hydrogen (secondary N) is 1. The maximum atomic E-state index is 12.2. The average molecular weight is 251 g/mol. The Hall–Kier alpha value is -1.07. The van der Waals surface area contributed by atoms with Crippen molar-refractivity contribution in [3.63, 3.8) is 0 Å². The molecular formula is C12H17N3OS. The van der Waals surface area contributed by atoms with Crippen molar-refractivity contribution in [3.05, 3.63) is 22.4 Å². The van der Waals surface area contributed by atoms with Crippen molar-refractivity contribution < 1.29 is 4.79 Å². The summed E-state index contributed by atoms with van der Waals surface area (Å²) in [6.45, 7) is 2.81. The van der Waals surface area contributed by atoms with Crippen LogP contribution in [0.25, 0.3) is 0 Å².